The maximum absolute atomic E-state index is 12.5. The summed E-state index contributed by atoms with van der Waals surface area (Å²) in [4.78, 5) is 25.9. The molecule has 0 radical (unpaired) electrons. The highest BCUT2D eigenvalue weighted by Crippen LogP contribution is 2.33. The van der Waals surface area contributed by atoms with Crippen molar-refractivity contribution in [2.24, 2.45) is 5.92 Å². The summed E-state index contributed by atoms with van der Waals surface area (Å²) >= 11 is 0. The van der Waals surface area contributed by atoms with Gasteiger partial charge in [-0.05, 0) is 44.4 Å². The molecule has 0 aromatic carbocycles. The number of rotatable bonds is 3. The molecule has 3 rings (SSSR count). The van der Waals surface area contributed by atoms with Crippen molar-refractivity contribution < 1.29 is 14.3 Å². The molecular formula is C15H24N2O3. The van der Waals surface area contributed by atoms with Crippen LogP contribution < -0.4 is 5.32 Å². The van der Waals surface area contributed by atoms with Crippen LogP contribution in [0, 0.1) is 5.92 Å². The highest BCUT2D eigenvalue weighted by atomic mass is 16.5. The van der Waals surface area contributed by atoms with E-state index in [4.69, 9.17) is 4.74 Å². The van der Waals surface area contributed by atoms with E-state index < -0.39 is 0 Å². The Morgan fingerprint density at radius 2 is 1.90 bits per heavy atom. The standard InChI is InChI=1S/C15H24N2O3/c1-20-15(19)13-3-2-6-17(13)14(18)9-10-7-11-4-5-12(8-10)16-11/h10-13,16H,2-9H2,1H3. The van der Waals surface area contributed by atoms with Crippen LogP contribution >= 0.6 is 0 Å². The van der Waals surface area contributed by atoms with Gasteiger partial charge in [0.05, 0.1) is 7.11 Å². The Labute approximate surface area is 120 Å². The van der Waals surface area contributed by atoms with E-state index in [1.54, 1.807) is 4.90 Å². The lowest BCUT2D eigenvalue weighted by molar-refractivity contribution is -0.151. The number of hydrogen-bond donors (Lipinski definition) is 1. The van der Waals surface area contributed by atoms with Crippen molar-refractivity contribution in [2.45, 2.75) is 63.1 Å². The number of ether oxygens (including phenoxy) is 1. The number of carbonyl (C=O) groups is 2. The number of amides is 1. The summed E-state index contributed by atoms with van der Waals surface area (Å²) in [6, 6.07) is 0.883. The molecule has 3 heterocycles. The summed E-state index contributed by atoms with van der Waals surface area (Å²) in [5.74, 6) is 0.366. The van der Waals surface area contributed by atoms with Gasteiger partial charge < -0.3 is 15.0 Å². The molecule has 3 atom stereocenters. The first kappa shape index (κ1) is 13.9. The molecule has 0 aliphatic carbocycles. The number of nitrogens with one attached hydrogen (secondary N) is 1. The third-order valence-corrected chi connectivity index (χ3v) is 5.08. The van der Waals surface area contributed by atoms with Crippen molar-refractivity contribution in [2.75, 3.05) is 13.7 Å². The van der Waals surface area contributed by atoms with E-state index in [9.17, 15) is 9.59 Å². The molecule has 0 aromatic heterocycles. The molecule has 5 nitrogen and oxygen atoms in total. The summed E-state index contributed by atoms with van der Waals surface area (Å²) in [6.45, 7) is 0.705. The Hall–Kier alpha value is -1.10. The fourth-order valence-corrected chi connectivity index (χ4v) is 4.15. The van der Waals surface area contributed by atoms with Gasteiger partial charge in [-0.15, -0.1) is 0 Å². The lowest BCUT2D eigenvalue weighted by Crippen LogP contribution is -2.44. The number of esters is 1. The number of likely N-dealkylation sites (tertiary alicyclic amines) is 1. The van der Waals surface area contributed by atoms with Gasteiger partial charge in [-0.1, -0.05) is 0 Å². The van der Waals surface area contributed by atoms with Crippen molar-refractivity contribution >= 4 is 11.9 Å². The molecule has 3 fully saturated rings. The molecule has 0 aromatic rings. The second kappa shape index (κ2) is 5.72. The number of fused-ring (bicyclic) bond motifs is 2. The van der Waals surface area contributed by atoms with Crippen LogP contribution in [-0.4, -0.2) is 48.6 Å². The molecule has 3 saturated heterocycles. The van der Waals surface area contributed by atoms with Crippen LogP contribution in [0.5, 0.6) is 0 Å². The molecule has 5 heteroatoms. The normalized spacial score (nSPS) is 36.1. The third-order valence-electron chi connectivity index (χ3n) is 5.08. The van der Waals surface area contributed by atoms with E-state index >= 15 is 0 Å². The predicted molar refractivity (Wildman–Crippen MR) is 74.0 cm³/mol. The lowest BCUT2D eigenvalue weighted by Gasteiger charge is -2.31. The number of hydrogen-bond acceptors (Lipinski definition) is 4. The van der Waals surface area contributed by atoms with E-state index in [-0.39, 0.29) is 17.9 Å². The van der Waals surface area contributed by atoms with Crippen molar-refractivity contribution in [1.82, 2.24) is 10.2 Å². The van der Waals surface area contributed by atoms with Gasteiger partial charge in [0.15, 0.2) is 0 Å². The molecular weight excluding hydrogens is 256 g/mol. The van der Waals surface area contributed by atoms with Gasteiger partial charge in [0, 0.05) is 25.0 Å². The van der Waals surface area contributed by atoms with Crippen molar-refractivity contribution in [3.05, 3.63) is 0 Å². The molecule has 3 unspecified atom stereocenters. The second-order valence-electron chi connectivity index (χ2n) is 6.45. The van der Waals surface area contributed by atoms with Gasteiger partial charge in [-0.2, -0.15) is 0 Å². The molecule has 3 aliphatic heterocycles. The molecule has 2 bridgehead atoms. The Morgan fingerprint density at radius 1 is 1.20 bits per heavy atom. The predicted octanol–water partition coefficient (Wildman–Crippen LogP) is 1.07. The summed E-state index contributed by atoms with van der Waals surface area (Å²) in [7, 11) is 1.40. The number of carbonyl (C=O) groups excluding carboxylic acids is 2. The van der Waals surface area contributed by atoms with E-state index in [0.717, 1.165) is 25.7 Å². The molecule has 1 N–H and O–H groups in total. The Kier molecular flexibility index (Phi) is 3.96. The maximum Gasteiger partial charge on any atom is 0.328 e. The molecule has 1 amide bonds. The summed E-state index contributed by atoms with van der Waals surface area (Å²) < 4.78 is 4.81. The highest BCUT2D eigenvalue weighted by molar-refractivity contribution is 5.85. The number of piperidine rings is 1. The van der Waals surface area contributed by atoms with E-state index in [1.165, 1.54) is 20.0 Å². The van der Waals surface area contributed by atoms with Crippen molar-refractivity contribution in [3.63, 3.8) is 0 Å². The molecule has 3 aliphatic rings. The van der Waals surface area contributed by atoms with Gasteiger partial charge in [0.25, 0.3) is 0 Å². The maximum atomic E-state index is 12.5. The van der Waals surface area contributed by atoms with Crippen molar-refractivity contribution in [1.29, 1.82) is 0 Å². The fraction of sp³-hybridized carbons (Fsp3) is 0.867. The van der Waals surface area contributed by atoms with Crippen LogP contribution in [-0.2, 0) is 14.3 Å². The Bertz CT molecular complexity index is 387. The van der Waals surface area contributed by atoms with Crippen molar-refractivity contribution in [3.8, 4) is 0 Å². The third kappa shape index (κ3) is 2.68. The fourth-order valence-electron chi connectivity index (χ4n) is 4.15. The van der Waals surface area contributed by atoms with Gasteiger partial charge >= 0.3 is 5.97 Å². The van der Waals surface area contributed by atoms with E-state index in [1.807, 2.05) is 0 Å². The van der Waals surface area contributed by atoms with Gasteiger partial charge in [-0.3, -0.25) is 4.79 Å². The molecule has 0 spiro atoms. The number of methoxy groups -OCH3 is 1. The van der Waals surface area contributed by atoms with Crippen LogP contribution in [0.15, 0.2) is 0 Å². The molecule has 112 valence electrons. The average molecular weight is 280 g/mol. The topological polar surface area (TPSA) is 58.6 Å². The largest absolute Gasteiger partial charge is 0.467 e. The summed E-state index contributed by atoms with van der Waals surface area (Å²) in [6.07, 6.45) is 6.98. The Balaban J connectivity index is 1.57. The second-order valence-corrected chi connectivity index (χ2v) is 6.45. The van der Waals surface area contributed by atoms with Crippen LogP contribution in [0.2, 0.25) is 0 Å². The van der Waals surface area contributed by atoms with Gasteiger partial charge in [0.2, 0.25) is 5.91 Å². The SMILES string of the molecule is COC(=O)C1CCCN1C(=O)CC1CC2CCC(C1)N2. The summed E-state index contributed by atoms with van der Waals surface area (Å²) in [5.41, 5.74) is 0. The zero-order chi connectivity index (χ0) is 14.1. The zero-order valence-corrected chi connectivity index (χ0v) is 12.1. The zero-order valence-electron chi connectivity index (χ0n) is 12.1. The average Bonchev–Trinajstić information content (AvgIpc) is 3.05. The smallest absolute Gasteiger partial charge is 0.328 e. The first-order valence-corrected chi connectivity index (χ1v) is 7.80. The highest BCUT2D eigenvalue weighted by Gasteiger charge is 2.38. The summed E-state index contributed by atoms with van der Waals surface area (Å²) in [5, 5.41) is 3.60. The molecule has 20 heavy (non-hydrogen) atoms. The minimum atomic E-state index is -0.342. The first-order valence-electron chi connectivity index (χ1n) is 7.80. The monoisotopic (exact) mass is 280 g/mol. The van der Waals surface area contributed by atoms with E-state index in [0.29, 0.717) is 31.0 Å². The number of nitrogens with zero attached hydrogens (tertiary/aromatic N) is 1. The van der Waals surface area contributed by atoms with Gasteiger partial charge in [0.1, 0.15) is 6.04 Å². The van der Waals surface area contributed by atoms with Gasteiger partial charge in [-0.25, -0.2) is 4.79 Å². The van der Waals surface area contributed by atoms with Crippen LogP contribution in [0.4, 0.5) is 0 Å². The first-order chi connectivity index (χ1) is 9.67. The van der Waals surface area contributed by atoms with Crippen LogP contribution in [0.25, 0.3) is 0 Å². The quantitative estimate of drug-likeness (QED) is 0.786. The minimum Gasteiger partial charge on any atom is -0.467 e. The minimum absolute atomic E-state index is 0.143. The Morgan fingerprint density at radius 3 is 2.55 bits per heavy atom. The molecule has 0 saturated carbocycles. The van der Waals surface area contributed by atoms with E-state index in [2.05, 4.69) is 5.32 Å². The lowest BCUT2D eigenvalue weighted by atomic mass is 9.89. The van der Waals surface area contributed by atoms with Crippen LogP contribution in [0.3, 0.4) is 0 Å². The van der Waals surface area contributed by atoms with Crippen LogP contribution in [0.1, 0.15) is 44.9 Å².